The highest BCUT2D eigenvalue weighted by Gasteiger charge is 2.14. The fraction of sp³-hybridized carbons (Fsp3) is 0.333. The molecule has 1 unspecified atom stereocenters. The van der Waals surface area contributed by atoms with E-state index in [0.717, 1.165) is 11.1 Å². The van der Waals surface area contributed by atoms with Crippen LogP contribution in [0.1, 0.15) is 17.2 Å². The lowest BCUT2D eigenvalue weighted by molar-refractivity contribution is 0.193. The van der Waals surface area contributed by atoms with Gasteiger partial charge in [0.25, 0.3) is 0 Å². The van der Waals surface area contributed by atoms with E-state index in [0.29, 0.717) is 0 Å². The van der Waals surface area contributed by atoms with Crippen molar-refractivity contribution in [3.05, 3.63) is 35.4 Å². The van der Waals surface area contributed by atoms with Crippen LogP contribution < -0.4 is 0 Å². The van der Waals surface area contributed by atoms with E-state index in [-0.39, 0.29) is 0 Å². The first-order chi connectivity index (χ1) is 5.61. The van der Waals surface area contributed by atoms with E-state index in [9.17, 15) is 5.11 Å². The molecule has 0 fully saturated rings. The number of rotatable bonds is 2. The summed E-state index contributed by atoms with van der Waals surface area (Å²) in [5, 5.41) is 9.42. The normalized spacial score (nSPS) is 13.4. The van der Waals surface area contributed by atoms with Crippen LogP contribution in [0.25, 0.3) is 0 Å². The molecule has 3 heteroatoms. The third-order valence-corrected chi connectivity index (χ3v) is 2.13. The van der Waals surface area contributed by atoms with E-state index in [1.54, 1.807) is 0 Å². The van der Waals surface area contributed by atoms with Gasteiger partial charge in [-0.1, -0.05) is 29.8 Å². The molecule has 66 valence electrons. The monoisotopic (exact) mass is 204 g/mol. The third-order valence-electron chi connectivity index (χ3n) is 1.66. The lowest BCUT2D eigenvalue weighted by Gasteiger charge is -2.11. The lowest BCUT2D eigenvalue weighted by Crippen LogP contribution is -2.05. The molecule has 1 aromatic rings. The summed E-state index contributed by atoms with van der Waals surface area (Å²) in [6, 6.07) is 7.46. The van der Waals surface area contributed by atoms with Gasteiger partial charge in [0.05, 0.1) is 0 Å². The Morgan fingerprint density at radius 3 is 2.08 bits per heavy atom. The number of hydrogen-bond acceptors (Lipinski definition) is 1. The molecule has 0 saturated carbocycles. The second-order valence-electron chi connectivity index (χ2n) is 2.69. The number of halogens is 2. The lowest BCUT2D eigenvalue weighted by atomic mass is 10.1. The Labute approximate surface area is 81.9 Å². The van der Waals surface area contributed by atoms with Crippen molar-refractivity contribution in [2.75, 3.05) is 0 Å². The number of hydrogen-bond donors (Lipinski definition) is 1. The van der Waals surface area contributed by atoms with E-state index in [1.807, 2.05) is 31.2 Å². The topological polar surface area (TPSA) is 20.2 Å². The zero-order chi connectivity index (χ0) is 9.14. The van der Waals surface area contributed by atoms with Gasteiger partial charge in [-0.05, 0) is 12.5 Å². The van der Waals surface area contributed by atoms with Gasteiger partial charge in [0.1, 0.15) is 10.9 Å². The van der Waals surface area contributed by atoms with Gasteiger partial charge in [0.2, 0.25) is 0 Å². The first kappa shape index (κ1) is 9.85. The van der Waals surface area contributed by atoms with Crippen LogP contribution in [-0.4, -0.2) is 9.94 Å². The largest absolute Gasteiger partial charge is 0.386 e. The average molecular weight is 205 g/mol. The summed E-state index contributed by atoms with van der Waals surface area (Å²) in [7, 11) is 0. The zero-order valence-corrected chi connectivity index (χ0v) is 8.18. The number of benzene rings is 1. The van der Waals surface area contributed by atoms with E-state index >= 15 is 0 Å². The van der Waals surface area contributed by atoms with E-state index in [4.69, 9.17) is 23.2 Å². The molecule has 1 nitrogen and oxygen atoms in total. The van der Waals surface area contributed by atoms with Crippen LogP contribution in [0.5, 0.6) is 0 Å². The average Bonchev–Trinajstić information content (AvgIpc) is 2.04. The molecule has 0 saturated heterocycles. The molecule has 0 aromatic heterocycles. The van der Waals surface area contributed by atoms with Gasteiger partial charge >= 0.3 is 0 Å². The van der Waals surface area contributed by atoms with Crippen LogP contribution in [0.15, 0.2) is 24.3 Å². The van der Waals surface area contributed by atoms with Crippen molar-refractivity contribution in [3.8, 4) is 0 Å². The van der Waals surface area contributed by atoms with Crippen molar-refractivity contribution in [3.63, 3.8) is 0 Å². The van der Waals surface area contributed by atoms with Gasteiger partial charge in [-0.25, -0.2) is 0 Å². The maximum absolute atomic E-state index is 9.42. The highest BCUT2D eigenvalue weighted by Crippen LogP contribution is 2.23. The van der Waals surface area contributed by atoms with E-state index < -0.39 is 10.9 Å². The quantitative estimate of drug-likeness (QED) is 0.736. The zero-order valence-electron chi connectivity index (χ0n) is 6.67. The van der Waals surface area contributed by atoms with Crippen LogP contribution in [0.2, 0.25) is 0 Å². The van der Waals surface area contributed by atoms with Crippen molar-refractivity contribution < 1.29 is 5.11 Å². The van der Waals surface area contributed by atoms with Gasteiger partial charge in [-0.3, -0.25) is 0 Å². The van der Waals surface area contributed by atoms with E-state index in [2.05, 4.69) is 0 Å². The van der Waals surface area contributed by atoms with E-state index in [1.165, 1.54) is 0 Å². The van der Waals surface area contributed by atoms with Gasteiger partial charge in [0.15, 0.2) is 0 Å². The molecule has 0 aliphatic rings. The highest BCUT2D eigenvalue weighted by atomic mass is 35.5. The minimum Gasteiger partial charge on any atom is -0.386 e. The number of aliphatic hydroxyl groups excluding tert-OH is 1. The Kier molecular flexibility index (Phi) is 3.39. The molecule has 0 aliphatic heterocycles. The summed E-state index contributed by atoms with van der Waals surface area (Å²) < 4.78 is 0. The van der Waals surface area contributed by atoms with Crippen molar-refractivity contribution in [1.82, 2.24) is 0 Å². The summed E-state index contributed by atoms with van der Waals surface area (Å²) in [6.07, 6.45) is -0.797. The molecule has 0 aliphatic carbocycles. The second kappa shape index (κ2) is 4.13. The van der Waals surface area contributed by atoms with Crippen LogP contribution in [-0.2, 0) is 0 Å². The molecule has 1 N–H and O–H groups in total. The predicted octanol–water partition coefficient (Wildman–Crippen LogP) is 2.83. The summed E-state index contributed by atoms with van der Waals surface area (Å²) in [6.45, 7) is 1.98. The molecule has 0 radical (unpaired) electrons. The molecule has 1 rings (SSSR count). The van der Waals surface area contributed by atoms with Crippen molar-refractivity contribution in [2.45, 2.75) is 17.9 Å². The second-order valence-corrected chi connectivity index (χ2v) is 3.85. The number of alkyl halides is 2. The van der Waals surface area contributed by atoms with Crippen LogP contribution >= 0.6 is 23.2 Å². The fourth-order valence-corrected chi connectivity index (χ4v) is 1.20. The van der Waals surface area contributed by atoms with Crippen molar-refractivity contribution in [2.24, 2.45) is 0 Å². The summed E-state index contributed by atoms with van der Waals surface area (Å²) in [5.74, 6) is 0. The van der Waals surface area contributed by atoms with Crippen molar-refractivity contribution >= 4 is 23.2 Å². The molecule has 0 amide bonds. The van der Waals surface area contributed by atoms with Crippen molar-refractivity contribution in [1.29, 1.82) is 0 Å². The Balaban J connectivity index is 2.82. The Morgan fingerprint density at radius 1 is 1.17 bits per heavy atom. The molecular formula is C9H10Cl2O. The number of aliphatic hydroxyl groups is 1. The minimum absolute atomic E-state index is 0.746. The Morgan fingerprint density at radius 2 is 1.67 bits per heavy atom. The first-order valence-corrected chi connectivity index (χ1v) is 4.51. The van der Waals surface area contributed by atoms with Gasteiger partial charge in [-0.15, -0.1) is 23.2 Å². The first-order valence-electron chi connectivity index (χ1n) is 3.64. The summed E-state index contributed by atoms with van der Waals surface area (Å²) >= 11 is 11.0. The maximum Gasteiger partial charge on any atom is 0.137 e. The Bertz CT molecular complexity index is 243. The third kappa shape index (κ3) is 2.37. The van der Waals surface area contributed by atoms with Crippen LogP contribution in [0.3, 0.4) is 0 Å². The smallest absolute Gasteiger partial charge is 0.137 e. The van der Waals surface area contributed by atoms with Gasteiger partial charge in [-0.2, -0.15) is 0 Å². The molecule has 1 atom stereocenters. The highest BCUT2D eigenvalue weighted by molar-refractivity contribution is 6.44. The maximum atomic E-state index is 9.42. The molecule has 0 bridgehead atoms. The van der Waals surface area contributed by atoms with Gasteiger partial charge in [0, 0.05) is 0 Å². The summed E-state index contributed by atoms with van der Waals surface area (Å²) in [4.78, 5) is -0.771. The van der Waals surface area contributed by atoms with Crippen LogP contribution in [0.4, 0.5) is 0 Å². The molecule has 0 heterocycles. The standard InChI is InChI=1S/C9H10Cl2O/c1-6-2-4-7(5-3-6)8(12)9(10)11/h2-5,8-9,12H,1H3. The summed E-state index contributed by atoms with van der Waals surface area (Å²) in [5.41, 5.74) is 1.89. The minimum atomic E-state index is -0.797. The number of aryl methyl sites for hydroxylation is 1. The molecule has 0 spiro atoms. The van der Waals surface area contributed by atoms with Gasteiger partial charge < -0.3 is 5.11 Å². The molecular weight excluding hydrogens is 195 g/mol. The molecule has 1 aromatic carbocycles. The Hall–Kier alpha value is -0.240. The SMILES string of the molecule is Cc1ccc(C(O)C(Cl)Cl)cc1. The predicted molar refractivity (Wildman–Crippen MR) is 51.6 cm³/mol. The van der Waals surface area contributed by atoms with Crippen LogP contribution in [0, 0.1) is 6.92 Å². The fourth-order valence-electron chi connectivity index (χ4n) is 0.909. The molecule has 12 heavy (non-hydrogen) atoms.